The highest BCUT2D eigenvalue weighted by molar-refractivity contribution is 8.00. The molecule has 0 saturated heterocycles. The summed E-state index contributed by atoms with van der Waals surface area (Å²) in [6.07, 6.45) is 0. The van der Waals surface area contributed by atoms with Gasteiger partial charge in [0.15, 0.2) is 5.82 Å². The van der Waals surface area contributed by atoms with Gasteiger partial charge in [-0.15, -0.1) is 11.8 Å². The van der Waals surface area contributed by atoms with Crippen LogP contribution >= 0.6 is 11.8 Å². The van der Waals surface area contributed by atoms with Crippen LogP contribution in [0.3, 0.4) is 0 Å². The standard InChI is InChI=1S/C17H13N5O6S/c18-15(24)9-4-5-13(12(7-9)22(26)27)29-8-14(23)19-11-3-1-2-10(6-11)16-20-17(25)28-21-16/h1-7H,8H2,(H2,18,24)(H,19,23)(H,20,21,25). The number of hydrogen-bond donors (Lipinski definition) is 3. The smallest absolute Gasteiger partial charge is 0.366 e. The first-order valence-corrected chi connectivity index (χ1v) is 8.99. The molecule has 2 amide bonds. The molecule has 3 rings (SSSR count). The summed E-state index contributed by atoms with van der Waals surface area (Å²) < 4.78 is 4.45. The number of thioether (sulfide) groups is 1. The van der Waals surface area contributed by atoms with Crippen LogP contribution in [-0.2, 0) is 4.79 Å². The van der Waals surface area contributed by atoms with Crippen LogP contribution in [0.25, 0.3) is 11.4 Å². The number of nitro groups is 1. The Bertz CT molecular complexity index is 1150. The van der Waals surface area contributed by atoms with Gasteiger partial charge >= 0.3 is 5.76 Å². The molecule has 11 nitrogen and oxygen atoms in total. The number of rotatable bonds is 7. The van der Waals surface area contributed by atoms with E-state index in [1.54, 1.807) is 24.3 Å². The van der Waals surface area contributed by atoms with E-state index in [9.17, 15) is 24.5 Å². The van der Waals surface area contributed by atoms with Gasteiger partial charge in [-0.25, -0.2) is 4.79 Å². The van der Waals surface area contributed by atoms with Crippen LogP contribution in [0.4, 0.5) is 11.4 Å². The van der Waals surface area contributed by atoms with Crippen molar-refractivity contribution in [2.75, 3.05) is 11.1 Å². The average Bonchev–Trinajstić information content (AvgIpc) is 3.12. The van der Waals surface area contributed by atoms with Crippen LogP contribution in [0.15, 0.2) is 56.7 Å². The van der Waals surface area contributed by atoms with Crippen LogP contribution in [0.2, 0.25) is 0 Å². The molecule has 0 spiro atoms. The van der Waals surface area contributed by atoms with E-state index in [0.717, 1.165) is 17.8 Å². The van der Waals surface area contributed by atoms with E-state index < -0.39 is 22.5 Å². The second-order valence-corrected chi connectivity index (χ2v) is 6.68. The Morgan fingerprint density at radius 3 is 2.72 bits per heavy atom. The highest BCUT2D eigenvalue weighted by Gasteiger charge is 2.18. The Labute approximate surface area is 166 Å². The minimum Gasteiger partial charge on any atom is -0.366 e. The van der Waals surface area contributed by atoms with E-state index in [4.69, 9.17) is 5.73 Å². The maximum absolute atomic E-state index is 12.2. The molecule has 0 aliphatic heterocycles. The Morgan fingerprint density at radius 1 is 1.28 bits per heavy atom. The molecule has 0 bridgehead atoms. The first-order valence-electron chi connectivity index (χ1n) is 8.01. The summed E-state index contributed by atoms with van der Waals surface area (Å²) in [4.78, 5) is 47.7. The average molecular weight is 415 g/mol. The third-order valence-electron chi connectivity index (χ3n) is 3.66. The number of H-pyrrole nitrogens is 1. The number of aromatic nitrogens is 2. The number of hydrogen-bond acceptors (Lipinski definition) is 8. The lowest BCUT2D eigenvalue weighted by Crippen LogP contribution is -2.14. The number of carbonyl (C=O) groups is 2. The maximum Gasteiger partial charge on any atom is 0.439 e. The number of aromatic amines is 1. The lowest BCUT2D eigenvalue weighted by atomic mass is 10.2. The monoisotopic (exact) mass is 415 g/mol. The van der Waals surface area contributed by atoms with Crippen molar-refractivity contribution in [1.82, 2.24) is 10.1 Å². The van der Waals surface area contributed by atoms with E-state index in [1.807, 2.05) is 0 Å². The molecule has 148 valence electrons. The normalized spacial score (nSPS) is 10.5. The van der Waals surface area contributed by atoms with E-state index >= 15 is 0 Å². The number of nitrogens with one attached hydrogen (secondary N) is 2. The SMILES string of the molecule is NC(=O)c1ccc(SCC(=O)Nc2cccc(-c3noc(=O)[nH]3)c2)c([N+](=O)[O-])c1. The molecule has 0 aliphatic rings. The van der Waals surface area contributed by atoms with E-state index in [2.05, 4.69) is 20.0 Å². The first-order chi connectivity index (χ1) is 13.8. The number of nitrogens with zero attached hydrogens (tertiary/aromatic N) is 2. The van der Waals surface area contributed by atoms with Crippen molar-refractivity contribution in [3.05, 3.63) is 68.7 Å². The summed E-state index contributed by atoms with van der Waals surface area (Å²) in [7, 11) is 0. The van der Waals surface area contributed by atoms with Gasteiger partial charge in [0.2, 0.25) is 11.8 Å². The first kappa shape index (κ1) is 19.8. The highest BCUT2D eigenvalue weighted by Crippen LogP contribution is 2.30. The molecule has 1 aromatic heterocycles. The van der Waals surface area contributed by atoms with Gasteiger partial charge in [-0.05, 0) is 24.3 Å². The number of benzene rings is 2. The summed E-state index contributed by atoms with van der Waals surface area (Å²) in [5.74, 6) is -1.79. The van der Waals surface area contributed by atoms with Crippen molar-refractivity contribution in [2.45, 2.75) is 4.90 Å². The summed E-state index contributed by atoms with van der Waals surface area (Å²) in [5.41, 5.74) is 5.80. The fourth-order valence-electron chi connectivity index (χ4n) is 2.37. The quantitative estimate of drug-likeness (QED) is 0.297. The second-order valence-electron chi connectivity index (χ2n) is 5.67. The van der Waals surface area contributed by atoms with Crippen LogP contribution < -0.4 is 16.8 Å². The summed E-state index contributed by atoms with van der Waals surface area (Å²) in [5, 5.41) is 17.4. The van der Waals surface area contributed by atoms with Gasteiger partial charge in [-0.2, -0.15) is 0 Å². The number of anilines is 1. The molecule has 0 aliphatic carbocycles. The zero-order valence-electron chi connectivity index (χ0n) is 14.6. The zero-order chi connectivity index (χ0) is 21.0. The Kier molecular flexibility index (Phi) is 5.74. The van der Waals surface area contributed by atoms with Gasteiger partial charge in [0.05, 0.1) is 15.6 Å². The number of nitro benzene ring substituents is 1. The van der Waals surface area contributed by atoms with Crippen LogP contribution in [0, 0.1) is 10.1 Å². The predicted molar refractivity (Wildman–Crippen MR) is 104 cm³/mol. The molecule has 12 heteroatoms. The van der Waals surface area contributed by atoms with Gasteiger partial charge in [-0.1, -0.05) is 17.3 Å². The fourth-order valence-corrected chi connectivity index (χ4v) is 3.18. The second kappa shape index (κ2) is 8.39. The topological polar surface area (TPSA) is 174 Å². The fraction of sp³-hybridized carbons (Fsp3) is 0.0588. The van der Waals surface area contributed by atoms with Gasteiger partial charge in [0.1, 0.15) is 0 Å². The van der Waals surface area contributed by atoms with Crippen molar-refractivity contribution in [2.24, 2.45) is 5.73 Å². The molecule has 0 atom stereocenters. The van der Waals surface area contributed by atoms with E-state index in [1.165, 1.54) is 12.1 Å². The van der Waals surface area contributed by atoms with Crippen molar-refractivity contribution < 1.29 is 19.0 Å². The van der Waals surface area contributed by atoms with Gasteiger partial charge in [-0.3, -0.25) is 29.2 Å². The molecule has 0 saturated carbocycles. The molecular weight excluding hydrogens is 402 g/mol. The Balaban J connectivity index is 1.68. The van der Waals surface area contributed by atoms with E-state index in [0.29, 0.717) is 11.3 Å². The number of primary amides is 1. The number of carbonyl (C=O) groups excluding carboxylic acids is 2. The minimum atomic E-state index is -0.782. The molecular formula is C17H13N5O6S. The van der Waals surface area contributed by atoms with E-state index in [-0.39, 0.29) is 27.7 Å². The largest absolute Gasteiger partial charge is 0.439 e. The summed E-state index contributed by atoms with van der Waals surface area (Å²) in [6.45, 7) is 0. The number of amides is 2. The minimum absolute atomic E-state index is 0.00761. The lowest BCUT2D eigenvalue weighted by Gasteiger charge is -2.07. The van der Waals surface area contributed by atoms with Crippen molar-refractivity contribution in [1.29, 1.82) is 0 Å². The summed E-state index contributed by atoms with van der Waals surface area (Å²) >= 11 is 0.946. The Hall–Kier alpha value is -3.93. The van der Waals surface area contributed by atoms with Crippen molar-refractivity contribution >= 4 is 35.0 Å². The van der Waals surface area contributed by atoms with Gasteiger partial charge in [0, 0.05) is 22.9 Å². The van der Waals surface area contributed by atoms with Gasteiger partial charge < -0.3 is 11.1 Å². The maximum atomic E-state index is 12.2. The molecule has 29 heavy (non-hydrogen) atoms. The number of nitrogens with two attached hydrogens (primary N) is 1. The highest BCUT2D eigenvalue weighted by atomic mass is 32.2. The predicted octanol–water partition coefficient (Wildman–Crippen LogP) is 1.77. The van der Waals surface area contributed by atoms with Crippen LogP contribution in [0.1, 0.15) is 10.4 Å². The van der Waals surface area contributed by atoms with Crippen LogP contribution in [-0.4, -0.2) is 32.6 Å². The third-order valence-corrected chi connectivity index (χ3v) is 4.72. The molecule has 0 fully saturated rings. The Morgan fingerprint density at radius 2 is 2.07 bits per heavy atom. The molecule has 3 aromatic rings. The lowest BCUT2D eigenvalue weighted by molar-refractivity contribution is -0.387. The molecule has 0 unspecified atom stereocenters. The zero-order valence-corrected chi connectivity index (χ0v) is 15.4. The van der Waals surface area contributed by atoms with Crippen molar-refractivity contribution in [3.8, 4) is 11.4 Å². The van der Waals surface area contributed by atoms with Gasteiger partial charge in [0.25, 0.3) is 5.69 Å². The third kappa shape index (κ3) is 4.87. The molecule has 4 N–H and O–H groups in total. The van der Waals surface area contributed by atoms with Crippen LogP contribution in [0.5, 0.6) is 0 Å². The molecule has 1 heterocycles. The summed E-state index contributed by atoms with van der Waals surface area (Å²) in [6, 6.07) is 10.3. The van der Waals surface area contributed by atoms with Crippen molar-refractivity contribution in [3.63, 3.8) is 0 Å². The molecule has 2 aromatic carbocycles. The molecule has 0 radical (unpaired) electrons.